The maximum Gasteiger partial charge on any atom is 0.253 e. The van der Waals surface area contributed by atoms with E-state index in [1.807, 2.05) is 54.3 Å². The van der Waals surface area contributed by atoms with Gasteiger partial charge in [-0.2, -0.15) is 0 Å². The average molecular weight is 431 g/mol. The molecule has 1 N–H and O–H groups in total. The van der Waals surface area contributed by atoms with Crippen molar-refractivity contribution in [2.24, 2.45) is 0 Å². The van der Waals surface area contributed by atoms with Gasteiger partial charge in [-0.25, -0.2) is 0 Å². The van der Waals surface area contributed by atoms with Crippen molar-refractivity contribution < 1.29 is 9.59 Å². The van der Waals surface area contributed by atoms with E-state index in [4.69, 9.17) is 0 Å². The molecule has 1 saturated heterocycles. The number of hydrogen-bond acceptors (Lipinski definition) is 2. The van der Waals surface area contributed by atoms with Crippen molar-refractivity contribution >= 4 is 11.8 Å². The van der Waals surface area contributed by atoms with Crippen LogP contribution in [-0.4, -0.2) is 36.3 Å². The summed E-state index contributed by atoms with van der Waals surface area (Å²) >= 11 is 0. The highest BCUT2D eigenvalue weighted by molar-refractivity contribution is 5.95. The predicted octanol–water partition coefficient (Wildman–Crippen LogP) is 5.64. The molecule has 0 unspecified atom stereocenters. The average Bonchev–Trinajstić information content (AvgIpc) is 2.85. The SMILES string of the molecule is Cc1ccc(C(=O)N2CCC[C@H](c3cccc(C(=O)NCCC4=CCCCC4)c3)C2)cc1. The predicted molar refractivity (Wildman–Crippen MR) is 129 cm³/mol. The number of carbonyl (C=O) groups is 2. The van der Waals surface area contributed by atoms with Gasteiger partial charge in [-0.1, -0.05) is 41.5 Å². The number of rotatable bonds is 6. The van der Waals surface area contributed by atoms with E-state index in [0.29, 0.717) is 18.7 Å². The van der Waals surface area contributed by atoms with Crippen LogP contribution in [-0.2, 0) is 0 Å². The number of benzene rings is 2. The van der Waals surface area contributed by atoms with Gasteiger partial charge in [0.05, 0.1) is 0 Å². The molecule has 4 rings (SSSR count). The molecule has 0 aromatic heterocycles. The van der Waals surface area contributed by atoms with Crippen LogP contribution in [0.15, 0.2) is 60.2 Å². The summed E-state index contributed by atoms with van der Waals surface area (Å²) in [4.78, 5) is 27.6. The molecule has 32 heavy (non-hydrogen) atoms. The van der Waals surface area contributed by atoms with E-state index >= 15 is 0 Å². The maximum atomic E-state index is 13.0. The molecule has 1 fully saturated rings. The van der Waals surface area contributed by atoms with Crippen molar-refractivity contribution in [1.82, 2.24) is 10.2 Å². The van der Waals surface area contributed by atoms with Crippen LogP contribution in [0, 0.1) is 6.92 Å². The second-order valence-electron chi connectivity index (χ2n) is 9.20. The molecule has 0 saturated carbocycles. The van der Waals surface area contributed by atoms with Crippen LogP contribution >= 0.6 is 0 Å². The number of nitrogens with one attached hydrogen (secondary N) is 1. The summed E-state index contributed by atoms with van der Waals surface area (Å²) in [5.41, 5.74) is 5.24. The molecule has 2 aromatic carbocycles. The topological polar surface area (TPSA) is 49.4 Å². The molecular weight excluding hydrogens is 396 g/mol. The van der Waals surface area contributed by atoms with Gasteiger partial charge in [0.25, 0.3) is 11.8 Å². The van der Waals surface area contributed by atoms with Gasteiger partial charge in [0.1, 0.15) is 0 Å². The van der Waals surface area contributed by atoms with E-state index in [-0.39, 0.29) is 17.7 Å². The van der Waals surface area contributed by atoms with Gasteiger partial charge in [-0.15, -0.1) is 0 Å². The third-order valence-corrected chi connectivity index (χ3v) is 6.74. The number of hydrogen-bond donors (Lipinski definition) is 1. The lowest BCUT2D eigenvalue weighted by Gasteiger charge is -2.33. The van der Waals surface area contributed by atoms with Crippen LogP contribution in [0.1, 0.15) is 82.7 Å². The van der Waals surface area contributed by atoms with Crippen LogP contribution in [0.3, 0.4) is 0 Å². The Morgan fingerprint density at radius 1 is 1.03 bits per heavy atom. The minimum atomic E-state index is -0.00773. The van der Waals surface area contributed by atoms with Gasteiger partial charge in [0.15, 0.2) is 0 Å². The third kappa shape index (κ3) is 5.67. The maximum absolute atomic E-state index is 13.0. The first-order valence-electron chi connectivity index (χ1n) is 12.0. The Bertz CT molecular complexity index is 977. The monoisotopic (exact) mass is 430 g/mol. The highest BCUT2D eigenvalue weighted by atomic mass is 16.2. The summed E-state index contributed by atoms with van der Waals surface area (Å²) in [6, 6.07) is 15.8. The Hall–Kier alpha value is -2.88. The molecule has 0 spiro atoms. The normalized spacial score (nSPS) is 18.7. The van der Waals surface area contributed by atoms with Gasteiger partial charge in [0.2, 0.25) is 0 Å². The van der Waals surface area contributed by atoms with Crippen LogP contribution in [0.4, 0.5) is 0 Å². The quantitative estimate of drug-likeness (QED) is 0.603. The fraction of sp³-hybridized carbons (Fsp3) is 0.429. The van der Waals surface area contributed by atoms with E-state index in [9.17, 15) is 9.59 Å². The van der Waals surface area contributed by atoms with Crippen molar-refractivity contribution in [2.75, 3.05) is 19.6 Å². The van der Waals surface area contributed by atoms with E-state index in [1.165, 1.54) is 31.3 Å². The Labute approximate surface area is 191 Å². The molecule has 1 aliphatic carbocycles. The lowest BCUT2D eigenvalue weighted by atomic mass is 9.89. The van der Waals surface area contributed by atoms with Crippen LogP contribution in [0.25, 0.3) is 0 Å². The second kappa shape index (κ2) is 10.6. The van der Waals surface area contributed by atoms with Crippen molar-refractivity contribution in [2.45, 2.75) is 57.8 Å². The number of amides is 2. The molecule has 0 bridgehead atoms. The smallest absolute Gasteiger partial charge is 0.253 e. The second-order valence-corrected chi connectivity index (χ2v) is 9.20. The molecule has 2 amide bonds. The van der Waals surface area contributed by atoms with Gasteiger partial charge >= 0.3 is 0 Å². The Morgan fingerprint density at radius 2 is 1.88 bits per heavy atom. The molecule has 1 heterocycles. The fourth-order valence-electron chi connectivity index (χ4n) is 4.82. The summed E-state index contributed by atoms with van der Waals surface area (Å²) in [6.07, 6.45) is 10.2. The zero-order valence-electron chi connectivity index (χ0n) is 19.1. The minimum Gasteiger partial charge on any atom is -0.352 e. The van der Waals surface area contributed by atoms with E-state index in [0.717, 1.165) is 42.5 Å². The third-order valence-electron chi connectivity index (χ3n) is 6.74. The molecule has 2 aromatic rings. The highest BCUT2D eigenvalue weighted by Gasteiger charge is 2.26. The summed E-state index contributed by atoms with van der Waals surface area (Å²) in [7, 11) is 0. The molecule has 4 nitrogen and oxygen atoms in total. The summed E-state index contributed by atoms with van der Waals surface area (Å²) in [6.45, 7) is 4.21. The zero-order chi connectivity index (χ0) is 22.3. The van der Waals surface area contributed by atoms with Gasteiger partial charge in [-0.3, -0.25) is 9.59 Å². The van der Waals surface area contributed by atoms with Crippen molar-refractivity contribution in [1.29, 1.82) is 0 Å². The van der Waals surface area contributed by atoms with Gasteiger partial charge < -0.3 is 10.2 Å². The molecule has 1 aliphatic heterocycles. The number of nitrogens with zero attached hydrogens (tertiary/aromatic N) is 1. The van der Waals surface area contributed by atoms with E-state index in [1.54, 1.807) is 0 Å². The van der Waals surface area contributed by atoms with E-state index in [2.05, 4.69) is 17.5 Å². The molecule has 4 heteroatoms. The Balaban J connectivity index is 1.36. The molecule has 1 atom stereocenters. The fourth-order valence-corrected chi connectivity index (χ4v) is 4.82. The largest absolute Gasteiger partial charge is 0.352 e. The lowest BCUT2D eigenvalue weighted by molar-refractivity contribution is 0.0706. The molecule has 2 aliphatic rings. The first-order valence-corrected chi connectivity index (χ1v) is 12.0. The Kier molecular flexibility index (Phi) is 7.41. The van der Waals surface area contributed by atoms with Gasteiger partial charge in [0, 0.05) is 36.7 Å². The van der Waals surface area contributed by atoms with E-state index < -0.39 is 0 Å². The first-order chi connectivity index (χ1) is 15.6. The van der Waals surface area contributed by atoms with Crippen LogP contribution in [0.5, 0.6) is 0 Å². The van der Waals surface area contributed by atoms with Gasteiger partial charge in [-0.05, 0) is 81.7 Å². The highest BCUT2D eigenvalue weighted by Crippen LogP contribution is 2.28. The van der Waals surface area contributed by atoms with Crippen molar-refractivity contribution in [3.63, 3.8) is 0 Å². The molecule has 168 valence electrons. The van der Waals surface area contributed by atoms with Crippen LogP contribution in [0.2, 0.25) is 0 Å². The number of aryl methyl sites for hydroxylation is 1. The number of piperidine rings is 1. The summed E-state index contributed by atoms with van der Waals surface area (Å²) in [5, 5.41) is 3.09. The van der Waals surface area contributed by atoms with Crippen LogP contribution < -0.4 is 5.32 Å². The number of carbonyl (C=O) groups excluding carboxylic acids is 2. The standard InChI is InChI=1S/C28H34N2O2/c1-21-12-14-23(15-13-21)28(32)30-18-6-11-26(20-30)24-9-5-10-25(19-24)27(31)29-17-16-22-7-3-2-4-8-22/h5,7,9-10,12-15,19,26H,2-4,6,8,11,16-18,20H2,1H3,(H,29,31)/t26-/m0/s1. The van der Waals surface area contributed by atoms with Crippen molar-refractivity contribution in [3.8, 4) is 0 Å². The number of allylic oxidation sites excluding steroid dienone is 1. The molecular formula is C28H34N2O2. The first kappa shape index (κ1) is 22.3. The minimum absolute atomic E-state index is 0.00773. The van der Waals surface area contributed by atoms with Crippen molar-refractivity contribution in [3.05, 3.63) is 82.4 Å². The summed E-state index contributed by atoms with van der Waals surface area (Å²) < 4.78 is 0. The molecule has 0 radical (unpaired) electrons. The Morgan fingerprint density at radius 3 is 2.66 bits per heavy atom. The number of likely N-dealkylation sites (tertiary alicyclic amines) is 1. The summed E-state index contributed by atoms with van der Waals surface area (Å²) in [5.74, 6) is 0.352. The lowest BCUT2D eigenvalue weighted by Crippen LogP contribution is -2.39. The zero-order valence-corrected chi connectivity index (χ0v) is 19.1.